The monoisotopic (exact) mass is 804 g/mol. The Morgan fingerprint density at radius 3 is 1.70 bits per heavy atom. The van der Waals surface area contributed by atoms with Crippen LogP contribution >= 0.6 is 0 Å². The standard InChI is InChI=1S/C60H40N2O/c1-4-19-41(20-5-1)47-27-10-11-30-52(47)59-48(42-21-6-2-7-22-42)31-18-35-56(59)61(46-37-38-58-54(40-46)51-29-13-15-36-57(51)63-58)45-26-16-23-43(39-45)49-32-17-33-53-50-28-12-14-34-55(50)62(60(49)53)44-24-8-3-9-25-44/h1-40H. The smallest absolute Gasteiger partial charge is 0.135 e. The maximum Gasteiger partial charge on any atom is 0.135 e. The fourth-order valence-corrected chi connectivity index (χ4v) is 9.63. The van der Waals surface area contributed by atoms with Crippen molar-refractivity contribution in [3.8, 4) is 50.2 Å². The lowest BCUT2D eigenvalue weighted by Gasteiger charge is -2.30. The van der Waals surface area contributed by atoms with Crippen molar-refractivity contribution in [3.63, 3.8) is 0 Å². The third kappa shape index (κ3) is 6.21. The fourth-order valence-electron chi connectivity index (χ4n) is 9.63. The maximum atomic E-state index is 6.40. The molecule has 2 heterocycles. The van der Waals surface area contributed by atoms with Crippen molar-refractivity contribution in [1.29, 1.82) is 0 Å². The molecule has 3 heteroatoms. The molecule has 12 rings (SSSR count). The summed E-state index contributed by atoms with van der Waals surface area (Å²) in [7, 11) is 0. The Balaban J connectivity index is 1.15. The average Bonchev–Trinajstić information content (AvgIpc) is 3.91. The van der Waals surface area contributed by atoms with Crippen molar-refractivity contribution in [2.45, 2.75) is 0 Å². The molecule has 0 saturated carbocycles. The minimum Gasteiger partial charge on any atom is -0.456 e. The summed E-state index contributed by atoms with van der Waals surface area (Å²) < 4.78 is 8.82. The summed E-state index contributed by atoms with van der Waals surface area (Å²) in [4.78, 5) is 2.45. The van der Waals surface area contributed by atoms with Gasteiger partial charge >= 0.3 is 0 Å². The van der Waals surface area contributed by atoms with Crippen molar-refractivity contribution < 1.29 is 4.42 Å². The minimum absolute atomic E-state index is 0.863. The van der Waals surface area contributed by atoms with Crippen LogP contribution in [0.1, 0.15) is 0 Å². The van der Waals surface area contributed by atoms with Crippen LogP contribution in [-0.4, -0.2) is 4.57 Å². The van der Waals surface area contributed by atoms with Crippen LogP contribution in [-0.2, 0) is 0 Å². The Kier molecular flexibility index (Phi) is 8.83. The van der Waals surface area contributed by atoms with Crippen LogP contribution in [0.5, 0.6) is 0 Å². The first kappa shape index (κ1) is 36.5. The summed E-state index contributed by atoms with van der Waals surface area (Å²) in [6, 6.07) is 87.3. The Morgan fingerprint density at radius 1 is 0.333 bits per heavy atom. The van der Waals surface area contributed by atoms with Gasteiger partial charge < -0.3 is 13.9 Å². The van der Waals surface area contributed by atoms with Crippen LogP contribution in [0.25, 0.3) is 93.9 Å². The molecule has 0 amide bonds. The summed E-state index contributed by atoms with van der Waals surface area (Å²) in [6.45, 7) is 0. The number of para-hydroxylation sites is 4. The first-order chi connectivity index (χ1) is 31.3. The highest BCUT2D eigenvalue weighted by Crippen LogP contribution is 2.49. The number of anilines is 3. The van der Waals surface area contributed by atoms with Gasteiger partial charge in [-0.15, -0.1) is 0 Å². The van der Waals surface area contributed by atoms with E-state index in [2.05, 4.69) is 240 Å². The molecule has 0 N–H and O–H groups in total. The van der Waals surface area contributed by atoms with Crippen molar-refractivity contribution in [3.05, 3.63) is 243 Å². The molecule has 0 saturated heterocycles. The Hall–Kier alpha value is -8.40. The lowest BCUT2D eigenvalue weighted by molar-refractivity contribution is 0.669. The van der Waals surface area contributed by atoms with Crippen molar-refractivity contribution in [1.82, 2.24) is 4.57 Å². The Bertz CT molecular complexity index is 3620. The van der Waals surface area contributed by atoms with Gasteiger partial charge in [0.2, 0.25) is 0 Å². The van der Waals surface area contributed by atoms with Crippen LogP contribution < -0.4 is 4.90 Å². The molecular weight excluding hydrogens is 765 g/mol. The number of hydrogen-bond acceptors (Lipinski definition) is 2. The lowest BCUT2D eigenvalue weighted by Crippen LogP contribution is -2.12. The number of hydrogen-bond donors (Lipinski definition) is 0. The molecule has 10 aromatic carbocycles. The molecule has 0 fully saturated rings. The molecule has 2 aromatic heterocycles. The summed E-state index contributed by atoms with van der Waals surface area (Å²) in [5.41, 5.74) is 17.6. The zero-order chi connectivity index (χ0) is 41.7. The first-order valence-electron chi connectivity index (χ1n) is 21.5. The van der Waals surface area contributed by atoms with Crippen LogP contribution in [0.15, 0.2) is 247 Å². The van der Waals surface area contributed by atoms with Gasteiger partial charge in [-0.25, -0.2) is 0 Å². The number of rotatable bonds is 8. The zero-order valence-electron chi connectivity index (χ0n) is 34.4. The summed E-state index contributed by atoms with van der Waals surface area (Å²) in [5, 5.41) is 4.63. The van der Waals surface area contributed by atoms with Gasteiger partial charge in [0.05, 0.1) is 16.7 Å². The van der Waals surface area contributed by atoms with E-state index in [9.17, 15) is 0 Å². The van der Waals surface area contributed by atoms with E-state index in [0.717, 1.165) is 72.5 Å². The minimum atomic E-state index is 0.863. The zero-order valence-corrected chi connectivity index (χ0v) is 34.4. The van der Waals surface area contributed by atoms with E-state index in [1.54, 1.807) is 0 Å². The highest BCUT2D eigenvalue weighted by Gasteiger charge is 2.24. The molecule has 0 spiro atoms. The van der Waals surface area contributed by atoms with Crippen LogP contribution in [0.4, 0.5) is 17.1 Å². The molecule has 0 aliphatic rings. The van der Waals surface area contributed by atoms with Crippen molar-refractivity contribution in [2.24, 2.45) is 0 Å². The van der Waals surface area contributed by atoms with E-state index in [0.29, 0.717) is 0 Å². The molecule has 296 valence electrons. The summed E-state index contributed by atoms with van der Waals surface area (Å²) >= 11 is 0. The van der Waals surface area contributed by atoms with Gasteiger partial charge in [-0.1, -0.05) is 182 Å². The van der Waals surface area contributed by atoms with E-state index < -0.39 is 0 Å². The molecule has 63 heavy (non-hydrogen) atoms. The van der Waals surface area contributed by atoms with Gasteiger partial charge in [0.1, 0.15) is 11.2 Å². The molecule has 0 radical (unpaired) electrons. The Labute approximate surface area is 366 Å². The predicted octanol–water partition coefficient (Wildman–Crippen LogP) is 16.8. The van der Waals surface area contributed by atoms with Gasteiger partial charge in [0.25, 0.3) is 0 Å². The number of fused-ring (bicyclic) bond motifs is 6. The largest absolute Gasteiger partial charge is 0.456 e. The van der Waals surface area contributed by atoms with Crippen LogP contribution in [0.3, 0.4) is 0 Å². The van der Waals surface area contributed by atoms with Gasteiger partial charge in [-0.2, -0.15) is 0 Å². The predicted molar refractivity (Wildman–Crippen MR) is 264 cm³/mol. The molecule has 12 aromatic rings. The SMILES string of the molecule is c1ccc(-c2ccccc2-c2c(-c3ccccc3)cccc2N(c2cccc(-c3cccc4c5ccccc5n(-c5ccccc5)c34)c2)c2ccc3oc4ccccc4c3c2)cc1. The van der Waals surface area contributed by atoms with Crippen molar-refractivity contribution in [2.75, 3.05) is 4.90 Å². The van der Waals surface area contributed by atoms with Gasteiger partial charge in [0, 0.05) is 49.7 Å². The van der Waals surface area contributed by atoms with Crippen LogP contribution in [0, 0.1) is 0 Å². The Morgan fingerprint density at radius 2 is 0.889 bits per heavy atom. The number of nitrogens with zero attached hydrogens (tertiary/aromatic N) is 2. The summed E-state index contributed by atoms with van der Waals surface area (Å²) in [5.74, 6) is 0. The number of benzene rings is 10. The first-order valence-corrected chi connectivity index (χ1v) is 21.5. The van der Waals surface area contributed by atoms with E-state index >= 15 is 0 Å². The molecule has 0 aliphatic carbocycles. The third-order valence-corrected chi connectivity index (χ3v) is 12.4. The lowest BCUT2D eigenvalue weighted by atomic mass is 9.87. The summed E-state index contributed by atoms with van der Waals surface area (Å²) in [6.07, 6.45) is 0. The average molecular weight is 805 g/mol. The molecule has 0 bridgehead atoms. The van der Waals surface area contributed by atoms with Crippen LogP contribution in [0.2, 0.25) is 0 Å². The van der Waals surface area contributed by atoms with E-state index in [1.807, 2.05) is 12.1 Å². The van der Waals surface area contributed by atoms with Crippen molar-refractivity contribution >= 4 is 60.8 Å². The highest BCUT2D eigenvalue weighted by atomic mass is 16.3. The molecule has 3 nitrogen and oxygen atoms in total. The topological polar surface area (TPSA) is 21.3 Å². The molecule has 0 aliphatic heterocycles. The second-order valence-electron chi connectivity index (χ2n) is 16.0. The maximum absolute atomic E-state index is 6.40. The molecule has 0 atom stereocenters. The second-order valence-corrected chi connectivity index (χ2v) is 16.0. The van der Waals surface area contributed by atoms with E-state index in [-0.39, 0.29) is 0 Å². The fraction of sp³-hybridized carbons (Fsp3) is 0. The third-order valence-electron chi connectivity index (χ3n) is 12.4. The van der Waals surface area contributed by atoms with Gasteiger partial charge in [0.15, 0.2) is 0 Å². The van der Waals surface area contributed by atoms with E-state index in [1.165, 1.54) is 38.5 Å². The molecule has 0 unspecified atom stereocenters. The number of aromatic nitrogens is 1. The number of furan rings is 1. The quantitative estimate of drug-likeness (QED) is 0.153. The van der Waals surface area contributed by atoms with Gasteiger partial charge in [-0.3, -0.25) is 0 Å². The molecular formula is C60H40N2O. The highest BCUT2D eigenvalue weighted by molar-refractivity contribution is 6.14. The normalized spacial score (nSPS) is 11.5. The van der Waals surface area contributed by atoms with Gasteiger partial charge in [-0.05, 0) is 94.0 Å². The second kappa shape index (κ2) is 15.3. The van der Waals surface area contributed by atoms with E-state index in [4.69, 9.17) is 4.42 Å².